The molecule has 9 nitrogen and oxygen atoms in total. The average molecular weight is 373 g/mol. The van der Waals surface area contributed by atoms with Crippen molar-refractivity contribution in [2.45, 2.75) is 38.1 Å². The van der Waals surface area contributed by atoms with Crippen molar-refractivity contribution >= 4 is 11.8 Å². The Morgan fingerprint density at radius 1 is 1.22 bits per heavy atom. The van der Waals surface area contributed by atoms with E-state index in [1.807, 2.05) is 0 Å². The van der Waals surface area contributed by atoms with Gasteiger partial charge in [0, 0.05) is 11.6 Å². The topological polar surface area (TPSA) is 132 Å². The molecule has 4 N–H and O–H groups in total. The number of methoxy groups -OCH3 is 1. The van der Waals surface area contributed by atoms with Crippen LogP contribution in [-0.4, -0.2) is 47.0 Å². The molecule has 0 saturated heterocycles. The van der Waals surface area contributed by atoms with Crippen molar-refractivity contribution in [3.63, 3.8) is 0 Å². The molecule has 1 fully saturated rings. The van der Waals surface area contributed by atoms with Gasteiger partial charge in [-0.15, -0.1) is 0 Å². The van der Waals surface area contributed by atoms with Gasteiger partial charge in [0.25, 0.3) is 11.8 Å². The number of nitrogens with one attached hydrogen (secondary N) is 2. The molecule has 0 bridgehead atoms. The first-order chi connectivity index (χ1) is 13.1. The van der Waals surface area contributed by atoms with Crippen LogP contribution >= 0.6 is 0 Å². The Kier molecular flexibility index (Phi) is 5.90. The number of benzene rings is 1. The van der Waals surface area contributed by atoms with Gasteiger partial charge in [0.2, 0.25) is 0 Å². The van der Waals surface area contributed by atoms with Crippen molar-refractivity contribution in [2.75, 3.05) is 13.7 Å². The molecule has 27 heavy (non-hydrogen) atoms. The molecule has 144 valence electrons. The number of ether oxygens (including phenoxy) is 2. The summed E-state index contributed by atoms with van der Waals surface area (Å²) in [4.78, 5) is 23.5. The van der Waals surface area contributed by atoms with E-state index in [0.717, 1.165) is 25.7 Å². The van der Waals surface area contributed by atoms with E-state index in [9.17, 15) is 9.59 Å². The summed E-state index contributed by atoms with van der Waals surface area (Å²) >= 11 is 0. The maximum atomic E-state index is 12.1. The molecule has 2 amide bonds. The monoisotopic (exact) mass is 373 g/mol. The van der Waals surface area contributed by atoms with Crippen molar-refractivity contribution in [2.24, 2.45) is 5.73 Å². The normalized spacial score (nSPS) is 14.6. The number of rotatable bonds is 7. The lowest BCUT2D eigenvalue weighted by molar-refractivity contribution is -0.124. The number of carbonyl (C=O) groups is 2. The molecule has 1 aromatic carbocycles. The number of aromatic amines is 1. The number of nitrogens with two attached hydrogens (primary N) is 1. The maximum absolute atomic E-state index is 12.1. The van der Waals surface area contributed by atoms with Crippen LogP contribution in [0.15, 0.2) is 18.2 Å². The van der Waals surface area contributed by atoms with Gasteiger partial charge in [-0.25, -0.2) is 0 Å². The highest BCUT2D eigenvalue weighted by Gasteiger charge is 2.19. The molecule has 1 heterocycles. The molecule has 0 radical (unpaired) electrons. The van der Waals surface area contributed by atoms with Crippen LogP contribution in [0, 0.1) is 0 Å². The SMILES string of the molecule is COc1cc(-c2n[nH]nc2C(N)=O)ccc1OCC(=O)NC1CCCCC1. The number of aromatic nitrogens is 3. The van der Waals surface area contributed by atoms with Gasteiger partial charge in [-0.1, -0.05) is 19.3 Å². The summed E-state index contributed by atoms with van der Waals surface area (Å²) in [5.74, 6) is -0.00137. The van der Waals surface area contributed by atoms with Gasteiger partial charge in [0.1, 0.15) is 5.69 Å². The Morgan fingerprint density at radius 2 is 2.00 bits per heavy atom. The van der Waals surface area contributed by atoms with Gasteiger partial charge in [-0.2, -0.15) is 15.4 Å². The van der Waals surface area contributed by atoms with Crippen LogP contribution in [-0.2, 0) is 4.79 Å². The van der Waals surface area contributed by atoms with Crippen LogP contribution in [0.25, 0.3) is 11.3 Å². The molecule has 0 atom stereocenters. The van der Waals surface area contributed by atoms with E-state index in [-0.39, 0.29) is 24.2 Å². The van der Waals surface area contributed by atoms with Gasteiger partial charge >= 0.3 is 0 Å². The number of primary amides is 1. The number of carbonyl (C=O) groups excluding carboxylic acids is 2. The smallest absolute Gasteiger partial charge is 0.271 e. The van der Waals surface area contributed by atoms with Crippen molar-refractivity contribution in [3.8, 4) is 22.8 Å². The number of hydrogen-bond acceptors (Lipinski definition) is 6. The fourth-order valence-electron chi connectivity index (χ4n) is 3.20. The molecule has 2 aromatic rings. The second kappa shape index (κ2) is 8.52. The summed E-state index contributed by atoms with van der Waals surface area (Å²) in [6.07, 6.45) is 5.57. The van der Waals surface area contributed by atoms with Gasteiger partial charge in [-0.3, -0.25) is 9.59 Å². The van der Waals surface area contributed by atoms with E-state index < -0.39 is 5.91 Å². The Morgan fingerprint density at radius 3 is 2.70 bits per heavy atom. The molecule has 1 aromatic heterocycles. The minimum Gasteiger partial charge on any atom is -0.493 e. The van der Waals surface area contributed by atoms with Crippen LogP contribution in [0.3, 0.4) is 0 Å². The number of nitrogens with zero attached hydrogens (tertiary/aromatic N) is 2. The highest BCUT2D eigenvalue weighted by Crippen LogP contribution is 2.32. The first kappa shape index (κ1) is 18.7. The summed E-state index contributed by atoms with van der Waals surface area (Å²) in [6, 6.07) is 5.24. The number of amides is 2. The van der Waals surface area contributed by atoms with Crippen LogP contribution in [0.4, 0.5) is 0 Å². The molecule has 1 aliphatic carbocycles. The van der Waals surface area contributed by atoms with E-state index in [4.69, 9.17) is 15.2 Å². The summed E-state index contributed by atoms with van der Waals surface area (Å²) < 4.78 is 10.9. The highest BCUT2D eigenvalue weighted by atomic mass is 16.5. The lowest BCUT2D eigenvalue weighted by Crippen LogP contribution is -2.39. The molecule has 0 aliphatic heterocycles. The average Bonchev–Trinajstić information content (AvgIpc) is 3.17. The second-order valence-corrected chi connectivity index (χ2v) is 6.44. The molecular weight excluding hydrogens is 350 g/mol. The van der Waals surface area contributed by atoms with Gasteiger partial charge < -0.3 is 20.5 Å². The lowest BCUT2D eigenvalue weighted by Gasteiger charge is -2.22. The predicted molar refractivity (Wildman–Crippen MR) is 97.4 cm³/mol. The summed E-state index contributed by atoms with van der Waals surface area (Å²) in [5, 5.41) is 13.1. The first-order valence-electron chi connectivity index (χ1n) is 8.89. The third kappa shape index (κ3) is 4.55. The minimum atomic E-state index is -0.683. The third-order valence-corrected chi connectivity index (χ3v) is 4.55. The quantitative estimate of drug-likeness (QED) is 0.672. The van der Waals surface area contributed by atoms with Crippen LogP contribution in [0.5, 0.6) is 11.5 Å². The van der Waals surface area contributed by atoms with Crippen molar-refractivity contribution < 1.29 is 19.1 Å². The van der Waals surface area contributed by atoms with Crippen molar-refractivity contribution in [1.82, 2.24) is 20.7 Å². The van der Waals surface area contributed by atoms with Crippen LogP contribution in [0.2, 0.25) is 0 Å². The van der Waals surface area contributed by atoms with E-state index in [1.165, 1.54) is 13.5 Å². The minimum absolute atomic E-state index is 0.0394. The fourth-order valence-corrected chi connectivity index (χ4v) is 3.20. The first-order valence-corrected chi connectivity index (χ1v) is 8.89. The standard InChI is InChI=1S/C18H23N5O4/c1-26-14-9-11(16-17(18(19)25)22-23-21-16)7-8-13(14)27-10-15(24)20-12-5-3-2-4-6-12/h7-9,12H,2-6,10H2,1H3,(H2,19,25)(H,20,24)(H,21,22,23). The fraction of sp³-hybridized carbons (Fsp3) is 0.444. The van der Waals surface area contributed by atoms with E-state index in [1.54, 1.807) is 18.2 Å². The van der Waals surface area contributed by atoms with Gasteiger partial charge in [0.15, 0.2) is 23.8 Å². The van der Waals surface area contributed by atoms with E-state index in [0.29, 0.717) is 22.8 Å². The van der Waals surface area contributed by atoms with Crippen LogP contribution in [0.1, 0.15) is 42.6 Å². The summed E-state index contributed by atoms with van der Waals surface area (Å²) in [6.45, 7) is -0.0945. The van der Waals surface area contributed by atoms with Gasteiger partial charge in [0.05, 0.1) is 7.11 Å². The summed E-state index contributed by atoms with van der Waals surface area (Å²) in [7, 11) is 1.49. The van der Waals surface area contributed by atoms with Crippen molar-refractivity contribution in [3.05, 3.63) is 23.9 Å². The van der Waals surface area contributed by atoms with E-state index >= 15 is 0 Å². The molecule has 0 spiro atoms. The third-order valence-electron chi connectivity index (χ3n) is 4.55. The Labute approximate surface area is 156 Å². The van der Waals surface area contributed by atoms with Crippen molar-refractivity contribution in [1.29, 1.82) is 0 Å². The Balaban J connectivity index is 1.66. The lowest BCUT2D eigenvalue weighted by atomic mass is 9.95. The zero-order valence-corrected chi connectivity index (χ0v) is 15.2. The molecule has 9 heteroatoms. The number of hydrogen-bond donors (Lipinski definition) is 3. The summed E-state index contributed by atoms with van der Waals surface area (Å²) in [5.41, 5.74) is 6.24. The predicted octanol–water partition coefficient (Wildman–Crippen LogP) is 1.41. The van der Waals surface area contributed by atoms with E-state index in [2.05, 4.69) is 20.7 Å². The molecular formula is C18H23N5O4. The zero-order valence-electron chi connectivity index (χ0n) is 15.2. The molecule has 0 unspecified atom stereocenters. The Bertz CT molecular complexity index is 814. The maximum Gasteiger partial charge on any atom is 0.271 e. The Hall–Kier alpha value is -3.10. The highest BCUT2D eigenvalue weighted by molar-refractivity contribution is 5.96. The second-order valence-electron chi connectivity index (χ2n) is 6.44. The largest absolute Gasteiger partial charge is 0.493 e. The zero-order chi connectivity index (χ0) is 19.2. The van der Waals surface area contributed by atoms with Crippen LogP contribution < -0.4 is 20.5 Å². The molecule has 3 rings (SSSR count). The number of H-pyrrole nitrogens is 1. The van der Waals surface area contributed by atoms with Gasteiger partial charge in [-0.05, 0) is 31.0 Å². The molecule has 1 saturated carbocycles. The molecule has 1 aliphatic rings.